The molecule has 3 rings (SSSR count). The fourth-order valence-corrected chi connectivity index (χ4v) is 3.16. The van der Waals surface area contributed by atoms with Crippen molar-refractivity contribution in [2.75, 3.05) is 26.5 Å². The molecule has 1 amide bonds. The molecule has 1 aromatic carbocycles. The summed E-state index contributed by atoms with van der Waals surface area (Å²) in [4.78, 5) is 29.9. The molecule has 0 aliphatic rings. The smallest absolute Gasteiger partial charge is 0.337 e. The van der Waals surface area contributed by atoms with Gasteiger partial charge in [-0.3, -0.25) is 4.79 Å². The summed E-state index contributed by atoms with van der Waals surface area (Å²) < 4.78 is 6.72. The summed E-state index contributed by atoms with van der Waals surface area (Å²) in [6.07, 6.45) is 3.60. The van der Waals surface area contributed by atoms with E-state index in [1.165, 1.54) is 7.11 Å². The molecule has 0 fully saturated rings. The van der Waals surface area contributed by atoms with Crippen LogP contribution in [0.1, 0.15) is 21.5 Å². The molecule has 0 atom stereocenters. The Balaban J connectivity index is 1.96. The Hall–Kier alpha value is -3.35. The van der Waals surface area contributed by atoms with Gasteiger partial charge in [0.15, 0.2) is 0 Å². The van der Waals surface area contributed by atoms with Crippen LogP contribution in [0.3, 0.4) is 0 Å². The van der Waals surface area contributed by atoms with Gasteiger partial charge in [0.2, 0.25) is 5.91 Å². The van der Waals surface area contributed by atoms with Crippen LogP contribution in [-0.2, 0) is 16.1 Å². The summed E-state index contributed by atoms with van der Waals surface area (Å²) >= 11 is 0. The van der Waals surface area contributed by atoms with Crippen LogP contribution in [0, 0.1) is 13.8 Å². The Bertz CT molecular complexity index is 1030. The van der Waals surface area contributed by atoms with Gasteiger partial charge >= 0.3 is 5.97 Å². The SMILES string of the molecule is COC(=O)c1cc(C)c(Nc2nccc3c2ccn3CC(=O)N(C)C)c(C)c1. The number of benzene rings is 1. The normalized spacial score (nSPS) is 10.8. The molecular weight excluding hydrogens is 356 g/mol. The number of hydrogen-bond acceptors (Lipinski definition) is 5. The lowest BCUT2D eigenvalue weighted by Gasteiger charge is -2.15. The standard InChI is InChI=1S/C21H24N4O3/c1-13-10-15(21(27)28-5)11-14(2)19(13)23-20-16-7-9-25(12-18(26)24(3)4)17(16)6-8-22-20/h6-11H,12H2,1-5H3,(H,22,23). The predicted molar refractivity (Wildman–Crippen MR) is 109 cm³/mol. The number of pyridine rings is 1. The molecule has 0 saturated carbocycles. The lowest BCUT2D eigenvalue weighted by Crippen LogP contribution is -2.25. The van der Waals surface area contributed by atoms with E-state index in [1.54, 1.807) is 37.3 Å². The average Bonchev–Trinajstić information content (AvgIpc) is 3.07. The molecule has 7 nitrogen and oxygen atoms in total. The van der Waals surface area contributed by atoms with Gasteiger partial charge in [-0.15, -0.1) is 0 Å². The van der Waals surface area contributed by atoms with Crippen molar-refractivity contribution >= 4 is 34.3 Å². The minimum absolute atomic E-state index is 0.0221. The van der Waals surface area contributed by atoms with Crippen molar-refractivity contribution in [3.05, 3.63) is 53.3 Å². The number of likely N-dealkylation sites (N-methyl/N-ethyl adjacent to an activating group) is 1. The number of carbonyl (C=O) groups excluding carboxylic acids is 2. The van der Waals surface area contributed by atoms with E-state index in [1.807, 2.05) is 36.7 Å². The second kappa shape index (κ2) is 7.72. The zero-order valence-corrected chi connectivity index (χ0v) is 16.7. The van der Waals surface area contributed by atoms with Gasteiger partial charge in [-0.05, 0) is 49.2 Å². The molecule has 0 aliphatic heterocycles. The summed E-state index contributed by atoms with van der Waals surface area (Å²) in [7, 11) is 4.85. The highest BCUT2D eigenvalue weighted by Crippen LogP contribution is 2.30. The van der Waals surface area contributed by atoms with Crippen LogP contribution in [0.25, 0.3) is 10.9 Å². The third-order valence-corrected chi connectivity index (χ3v) is 4.70. The average molecular weight is 380 g/mol. The number of carbonyl (C=O) groups is 2. The number of anilines is 2. The molecule has 0 bridgehead atoms. The zero-order chi connectivity index (χ0) is 20.4. The molecular formula is C21H24N4O3. The molecule has 0 unspecified atom stereocenters. The number of aryl methyl sites for hydroxylation is 2. The second-order valence-corrected chi connectivity index (χ2v) is 6.93. The first-order valence-corrected chi connectivity index (χ1v) is 8.92. The van der Waals surface area contributed by atoms with E-state index in [0.29, 0.717) is 11.4 Å². The topological polar surface area (TPSA) is 76.5 Å². The minimum Gasteiger partial charge on any atom is -0.465 e. The third kappa shape index (κ3) is 3.69. The van der Waals surface area contributed by atoms with Crippen LogP contribution < -0.4 is 5.32 Å². The summed E-state index contributed by atoms with van der Waals surface area (Å²) in [5.41, 5.74) is 4.17. The maximum Gasteiger partial charge on any atom is 0.337 e. The first kappa shape index (κ1) is 19.4. The quantitative estimate of drug-likeness (QED) is 0.688. The van der Waals surface area contributed by atoms with Crippen LogP contribution in [0.15, 0.2) is 36.7 Å². The van der Waals surface area contributed by atoms with Gasteiger partial charge in [-0.25, -0.2) is 9.78 Å². The summed E-state index contributed by atoms with van der Waals surface area (Å²) in [6.45, 7) is 4.14. The summed E-state index contributed by atoms with van der Waals surface area (Å²) in [5, 5.41) is 4.31. The lowest BCUT2D eigenvalue weighted by molar-refractivity contribution is -0.129. The summed E-state index contributed by atoms with van der Waals surface area (Å²) in [5.74, 6) is 0.361. The monoisotopic (exact) mass is 380 g/mol. The van der Waals surface area contributed by atoms with Crippen LogP contribution in [-0.4, -0.2) is 47.5 Å². The Morgan fingerprint density at radius 2 is 1.86 bits per heavy atom. The first-order chi connectivity index (χ1) is 13.3. The van der Waals surface area contributed by atoms with Crippen LogP contribution in [0.4, 0.5) is 11.5 Å². The van der Waals surface area contributed by atoms with E-state index in [9.17, 15) is 9.59 Å². The van der Waals surface area contributed by atoms with Crippen molar-refractivity contribution in [3.8, 4) is 0 Å². The van der Waals surface area contributed by atoms with E-state index >= 15 is 0 Å². The summed E-state index contributed by atoms with van der Waals surface area (Å²) in [6, 6.07) is 7.43. The number of rotatable bonds is 5. The van der Waals surface area contributed by atoms with Crippen molar-refractivity contribution in [2.45, 2.75) is 20.4 Å². The second-order valence-electron chi connectivity index (χ2n) is 6.93. The molecule has 146 valence electrons. The molecule has 28 heavy (non-hydrogen) atoms. The van der Waals surface area contributed by atoms with Crippen LogP contribution in [0.2, 0.25) is 0 Å². The van der Waals surface area contributed by atoms with E-state index in [2.05, 4.69) is 10.3 Å². The number of methoxy groups -OCH3 is 1. The van der Waals surface area contributed by atoms with Gasteiger partial charge in [-0.1, -0.05) is 0 Å². The Kier molecular flexibility index (Phi) is 5.35. The van der Waals surface area contributed by atoms with Gasteiger partial charge in [0, 0.05) is 37.6 Å². The highest BCUT2D eigenvalue weighted by atomic mass is 16.5. The first-order valence-electron chi connectivity index (χ1n) is 8.92. The molecule has 0 spiro atoms. The van der Waals surface area contributed by atoms with Crippen molar-refractivity contribution in [1.82, 2.24) is 14.5 Å². The van der Waals surface area contributed by atoms with Crippen molar-refractivity contribution < 1.29 is 14.3 Å². The Morgan fingerprint density at radius 1 is 1.18 bits per heavy atom. The van der Waals surface area contributed by atoms with E-state index in [4.69, 9.17) is 4.74 Å². The molecule has 0 saturated heterocycles. The van der Waals surface area contributed by atoms with Crippen molar-refractivity contribution in [1.29, 1.82) is 0 Å². The third-order valence-electron chi connectivity index (χ3n) is 4.70. The Morgan fingerprint density at radius 3 is 2.46 bits per heavy atom. The zero-order valence-electron chi connectivity index (χ0n) is 16.7. The lowest BCUT2D eigenvalue weighted by atomic mass is 10.0. The molecule has 1 N–H and O–H groups in total. The van der Waals surface area contributed by atoms with E-state index in [-0.39, 0.29) is 18.4 Å². The maximum atomic E-state index is 12.1. The van der Waals surface area contributed by atoms with E-state index < -0.39 is 0 Å². The molecule has 0 radical (unpaired) electrons. The number of nitrogens with zero attached hydrogens (tertiary/aromatic N) is 3. The van der Waals surface area contributed by atoms with Gasteiger partial charge in [0.25, 0.3) is 0 Å². The number of ether oxygens (including phenoxy) is 1. The number of hydrogen-bond donors (Lipinski definition) is 1. The van der Waals surface area contributed by atoms with Crippen LogP contribution >= 0.6 is 0 Å². The van der Waals surface area contributed by atoms with Gasteiger partial charge in [0.1, 0.15) is 12.4 Å². The molecule has 3 aromatic rings. The minimum atomic E-state index is -0.361. The highest BCUT2D eigenvalue weighted by molar-refractivity contribution is 5.94. The number of nitrogens with one attached hydrogen (secondary N) is 1. The number of fused-ring (bicyclic) bond motifs is 1. The number of aromatic nitrogens is 2. The molecule has 0 aliphatic carbocycles. The number of esters is 1. The Labute approximate surface area is 163 Å². The van der Waals surface area contributed by atoms with Gasteiger partial charge in [-0.2, -0.15) is 0 Å². The fourth-order valence-electron chi connectivity index (χ4n) is 3.16. The van der Waals surface area contributed by atoms with Crippen molar-refractivity contribution in [2.24, 2.45) is 0 Å². The maximum absolute atomic E-state index is 12.1. The molecule has 2 aromatic heterocycles. The van der Waals surface area contributed by atoms with Crippen LogP contribution in [0.5, 0.6) is 0 Å². The van der Waals surface area contributed by atoms with E-state index in [0.717, 1.165) is 27.7 Å². The van der Waals surface area contributed by atoms with Gasteiger partial charge in [0.05, 0.1) is 18.2 Å². The fraction of sp³-hybridized carbons (Fsp3) is 0.286. The van der Waals surface area contributed by atoms with Crippen molar-refractivity contribution in [3.63, 3.8) is 0 Å². The van der Waals surface area contributed by atoms with Gasteiger partial charge < -0.3 is 19.5 Å². The highest BCUT2D eigenvalue weighted by Gasteiger charge is 2.14. The number of amides is 1. The predicted octanol–water partition coefficient (Wildman–Crippen LogP) is 3.27. The largest absolute Gasteiger partial charge is 0.465 e. The molecule has 2 heterocycles. The molecule has 7 heteroatoms.